The maximum absolute atomic E-state index is 12.7. The standard InChI is InChI=1S/C27H26N2O4S/c30-27(23-13-15-25(16-14-23)34(31,32)29-20-24-12-7-19-33-24)28-18-17-26(21-8-3-1-4-9-21)22-10-5-2-6-11-22/h1-16,19,26,29H,17-18,20H2,(H,28,30). The number of rotatable bonds is 10. The lowest BCUT2D eigenvalue weighted by Crippen LogP contribution is -2.26. The van der Waals surface area contributed by atoms with Crippen molar-refractivity contribution in [2.45, 2.75) is 23.8 Å². The van der Waals surface area contributed by atoms with Crippen LogP contribution in [0.3, 0.4) is 0 Å². The zero-order chi connectivity index (χ0) is 23.8. The van der Waals surface area contributed by atoms with E-state index >= 15 is 0 Å². The van der Waals surface area contributed by atoms with E-state index in [-0.39, 0.29) is 23.3 Å². The molecule has 34 heavy (non-hydrogen) atoms. The summed E-state index contributed by atoms with van der Waals surface area (Å²) < 4.78 is 32.6. The number of hydrogen-bond donors (Lipinski definition) is 2. The summed E-state index contributed by atoms with van der Waals surface area (Å²) >= 11 is 0. The summed E-state index contributed by atoms with van der Waals surface area (Å²) in [5.41, 5.74) is 2.79. The van der Waals surface area contributed by atoms with Gasteiger partial charge in [0.2, 0.25) is 10.0 Å². The smallest absolute Gasteiger partial charge is 0.251 e. The molecule has 0 spiro atoms. The molecule has 0 bridgehead atoms. The van der Waals surface area contributed by atoms with Gasteiger partial charge in [0.25, 0.3) is 5.91 Å². The van der Waals surface area contributed by atoms with Gasteiger partial charge < -0.3 is 9.73 Å². The van der Waals surface area contributed by atoms with E-state index in [0.29, 0.717) is 17.9 Å². The van der Waals surface area contributed by atoms with Crippen molar-refractivity contribution in [2.75, 3.05) is 6.54 Å². The Morgan fingerprint density at radius 1 is 0.794 bits per heavy atom. The Bertz CT molecular complexity index is 1250. The van der Waals surface area contributed by atoms with Gasteiger partial charge in [0.15, 0.2) is 0 Å². The second-order valence-corrected chi connectivity index (χ2v) is 9.61. The van der Waals surface area contributed by atoms with E-state index in [0.717, 1.165) is 6.42 Å². The number of carbonyl (C=O) groups excluding carboxylic acids is 1. The fraction of sp³-hybridized carbons (Fsp3) is 0.148. The molecule has 1 amide bonds. The summed E-state index contributed by atoms with van der Waals surface area (Å²) in [6.07, 6.45) is 2.22. The number of nitrogens with one attached hydrogen (secondary N) is 2. The molecule has 0 radical (unpaired) electrons. The van der Waals surface area contributed by atoms with Gasteiger partial charge in [0.1, 0.15) is 5.76 Å². The minimum Gasteiger partial charge on any atom is -0.468 e. The Balaban J connectivity index is 1.36. The minimum absolute atomic E-state index is 0.0571. The van der Waals surface area contributed by atoms with Gasteiger partial charge in [-0.3, -0.25) is 4.79 Å². The van der Waals surface area contributed by atoms with Crippen LogP contribution in [0.2, 0.25) is 0 Å². The lowest BCUT2D eigenvalue weighted by Gasteiger charge is -2.18. The Kier molecular flexibility index (Phi) is 7.57. The van der Waals surface area contributed by atoms with E-state index in [1.54, 1.807) is 12.1 Å². The summed E-state index contributed by atoms with van der Waals surface area (Å²) in [4.78, 5) is 12.7. The van der Waals surface area contributed by atoms with E-state index in [4.69, 9.17) is 4.42 Å². The van der Waals surface area contributed by atoms with Crippen LogP contribution in [-0.2, 0) is 16.6 Å². The summed E-state index contributed by atoms with van der Waals surface area (Å²) in [6, 6.07) is 29.7. The molecule has 0 unspecified atom stereocenters. The Hall–Kier alpha value is -3.68. The fourth-order valence-corrected chi connectivity index (χ4v) is 4.77. The monoisotopic (exact) mass is 474 g/mol. The van der Waals surface area contributed by atoms with Gasteiger partial charge >= 0.3 is 0 Å². The lowest BCUT2D eigenvalue weighted by atomic mass is 9.88. The van der Waals surface area contributed by atoms with Gasteiger partial charge in [-0.2, -0.15) is 0 Å². The lowest BCUT2D eigenvalue weighted by molar-refractivity contribution is 0.0952. The predicted octanol–water partition coefficient (Wildman–Crippen LogP) is 4.71. The molecule has 1 aromatic heterocycles. The molecule has 1 heterocycles. The van der Waals surface area contributed by atoms with Crippen molar-refractivity contribution >= 4 is 15.9 Å². The van der Waals surface area contributed by atoms with E-state index in [1.807, 2.05) is 36.4 Å². The van der Waals surface area contributed by atoms with Crippen LogP contribution >= 0.6 is 0 Å². The van der Waals surface area contributed by atoms with Gasteiger partial charge in [0.05, 0.1) is 17.7 Å². The number of benzene rings is 3. The van der Waals surface area contributed by atoms with E-state index < -0.39 is 10.0 Å². The van der Waals surface area contributed by atoms with Crippen molar-refractivity contribution in [1.82, 2.24) is 10.0 Å². The van der Waals surface area contributed by atoms with Gasteiger partial charge in [-0.25, -0.2) is 13.1 Å². The zero-order valence-corrected chi connectivity index (χ0v) is 19.4. The van der Waals surface area contributed by atoms with Crippen LogP contribution < -0.4 is 10.0 Å². The van der Waals surface area contributed by atoms with Gasteiger partial charge in [-0.15, -0.1) is 0 Å². The SMILES string of the molecule is O=C(NCCC(c1ccccc1)c1ccccc1)c1ccc(S(=O)(=O)NCc2ccco2)cc1. The van der Waals surface area contributed by atoms with Crippen molar-refractivity contribution in [2.24, 2.45) is 0 Å². The number of amides is 1. The number of hydrogen-bond acceptors (Lipinski definition) is 4. The van der Waals surface area contributed by atoms with Gasteiger partial charge in [-0.1, -0.05) is 60.7 Å². The van der Waals surface area contributed by atoms with Gasteiger partial charge in [-0.05, 0) is 53.9 Å². The molecule has 0 aliphatic rings. The number of furan rings is 1. The van der Waals surface area contributed by atoms with Crippen molar-refractivity contribution < 1.29 is 17.6 Å². The van der Waals surface area contributed by atoms with Crippen molar-refractivity contribution in [3.63, 3.8) is 0 Å². The molecule has 0 saturated carbocycles. The fourth-order valence-electron chi connectivity index (χ4n) is 3.78. The Labute approximate surface area is 199 Å². The van der Waals surface area contributed by atoms with Gasteiger partial charge in [0, 0.05) is 18.0 Å². The Morgan fingerprint density at radius 3 is 1.97 bits per heavy atom. The summed E-state index contributed by atoms with van der Waals surface area (Å²) in [6.45, 7) is 0.541. The second kappa shape index (κ2) is 11.0. The predicted molar refractivity (Wildman–Crippen MR) is 131 cm³/mol. The molecule has 0 aliphatic heterocycles. The third-order valence-corrected chi connectivity index (χ3v) is 6.98. The molecule has 4 aromatic rings. The quantitative estimate of drug-likeness (QED) is 0.348. The highest BCUT2D eigenvalue weighted by Crippen LogP contribution is 2.27. The maximum Gasteiger partial charge on any atom is 0.251 e. The summed E-state index contributed by atoms with van der Waals surface area (Å²) in [5.74, 6) is 0.437. The maximum atomic E-state index is 12.7. The van der Waals surface area contributed by atoms with Crippen molar-refractivity contribution in [1.29, 1.82) is 0 Å². The molecule has 0 atom stereocenters. The van der Waals surface area contributed by atoms with Crippen LogP contribution in [-0.4, -0.2) is 20.9 Å². The normalized spacial score (nSPS) is 11.4. The minimum atomic E-state index is -3.71. The topological polar surface area (TPSA) is 88.4 Å². The largest absolute Gasteiger partial charge is 0.468 e. The third kappa shape index (κ3) is 6.01. The molecule has 0 fully saturated rings. The average molecular weight is 475 g/mol. The second-order valence-electron chi connectivity index (χ2n) is 7.85. The molecule has 3 aromatic carbocycles. The van der Waals surface area contributed by atoms with Crippen LogP contribution in [0.15, 0.2) is 113 Å². The molecule has 7 heteroatoms. The average Bonchev–Trinajstić information content (AvgIpc) is 3.40. The molecule has 4 rings (SSSR count). The number of sulfonamides is 1. The highest BCUT2D eigenvalue weighted by molar-refractivity contribution is 7.89. The van der Waals surface area contributed by atoms with E-state index in [2.05, 4.69) is 34.3 Å². The Morgan fingerprint density at radius 2 is 1.41 bits per heavy atom. The van der Waals surface area contributed by atoms with Crippen LogP contribution in [0.25, 0.3) is 0 Å². The van der Waals surface area contributed by atoms with Crippen LogP contribution in [0.4, 0.5) is 0 Å². The first-order valence-corrected chi connectivity index (χ1v) is 12.5. The first-order chi connectivity index (χ1) is 16.5. The molecule has 2 N–H and O–H groups in total. The first kappa shape index (κ1) is 23.5. The third-order valence-electron chi connectivity index (χ3n) is 5.57. The number of carbonyl (C=O) groups is 1. The molecule has 6 nitrogen and oxygen atoms in total. The molecule has 0 aliphatic carbocycles. The van der Waals surface area contributed by atoms with Crippen LogP contribution in [0, 0.1) is 0 Å². The molecular formula is C27H26N2O4S. The van der Waals surface area contributed by atoms with Crippen LogP contribution in [0.5, 0.6) is 0 Å². The molecule has 174 valence electrons. The first-order valence-electron chi connectivity index (χ1n) is 11.0. The zero-order valence-electron chi connectivity index (χ0n) is 18.6. The highest BCUT2D eigenvalue weighted by Gasteiger charge is 2.17. The molecule has 0 saturated heterocycles. The van der Waals surface area contributed by atoms with Crippen LogP contribution in [0.1, 0.15) is 39.6 Å². The summed E-state index contributed by atoms with van der Waals surface area (Å²) in [5, 5.41) is 2.95. The van der Waals surface area contributed by atoms with Crippen molar-refractivity contribution in [3.8, 4) is 0 Å². The summed E-state index contributed by atoms with van der Waals surface area (Å²) in [7, 11) is -3.71. The van der Waals surface area contributed by atoms with E-state index in [1.165, 1.54) is 41.7 Å². The highest BCUT2D eigenvalue weighted by atomic mass is 32.2. The van der Waals surface area contributed by atoms with Crippen molar-refractivity contribution in [3.05, 3.63) is 126 Å². The molecular weight excluding hydrogens is 448 g/mol. The van der Waals surface area contributed by atoms with E-state index in [9.17, 15) is 13.2 Å².